The van der Waals surface area contributed by atoms with E-state index < -0.39 is 6.10 Å². The average Bonchev–Trinajstić information content (AvgIpc) is 2.48. The van der Waals surface area contributed by atoms with Gasteiger partial charge in [0, 0.05) is 21.5 Å². The van der Waals surface area contributed by atoms with Crippen LogP contribution in [0.15, 0.2) is 53.0 Å². The van der Waals surface area contributed by atoms with Crippen molar-refractivity contribution in [2.75, 3.05) is 12.9 Å². The highest BCUT2D eigenvalue weighted by Crippen LogP contribution is 2.28. The maximum atomic E-state index is 10.1. The first-order valence-corrected chi connectivity index (χ1v) is 8.28. The van der Waals surface area contributed by atoms with Crippen molar-refractivity contribution < 1.29 is 9.84 Å². The summed E-state index contributed by atoms with van der Waals surface area (Å²) in [6.45, 7) is 0. The van der Waals surface area contributed by atoms with Crippen LogP contribution < -0.4 is 4.74 Å². The molecule has 1 unspecified atom stereocenters. The Bertz CT molecular complexity index is 545. The van der Waals surface area contributed by atoms with E-state index in [0.29, 0.717) is 5.75 Å². The summed E-state index contributed by atoms with van der Waals surface area (Å²) in [5.41, 5.74) is 2.09. The lowest BCUT2D eigenvalue weighted by atomic mass is 10.1. The Kier molecular flexibility index (Phi) is 5.95. The molecular formula is C16H17BrO2S. The molecule has 0 aliphatic heterocycles. The maximum absolute atomic E-state index is 10.1. The van der Waals surface area contributed by atoms with Crippen LogP contribution in [-0.4, -0.2) is 18.0 Å². The van der Waals surface area contributed by atoms with E-state index in [2.05, 4.69) is 22.0 Å². The molecule has 0 amide bonds. The summed E-state index contributed by atoms with van der Waals surface area (Å²) in [5.74, 6) is 2.36. The molecule has 2 rings (SSSR count). The zero-order chi connectivity index (χ0) is 14.4. The number of thioether (sulfide) groups is 1. The van der Waals surface area contributed by atoms with Crippen LogP contribution in [0.1, 0.15) is 17.2 Å². The number of aliphatic hydroxyl groups is 1. The van der Waals surface area contributed by atoms with Crippen molar-refractivity contribution in [1.82, 2.24) is 0 Å². The van der Waals surface area contributed by atoms with Crippen molar-refractivity contribution in [3.8, 4) is 5.75 Å². The molecule has 2 aromatic carbocycles. The van der Waals surface area contributed by atoms with Crippen molar-refractivity contribution in [2.24, 2.45) is 0 Å². The molecule has 0 fully saturated rings. The third-order valence-electron chi connectivity index (χ3n) is 2.96. The molecule has 0 radical (unpaired) electrons. The van der Waals surface area contributed by atoms with Gasteiger partial charge in [-0.05, 0) is 23.8 Å². The summed E-state index contributed by atoms with van der Waals surface area (Å²) < 4.78 is 6.39. The largest absolute Gasteiger partial charge is 0.496 e. The van der Waals surface area contributed by atoms with Gasteiger partial charge in [-0.25, -0.2) is 0 Å². The third-order valence-corrected chi connectivity index (χ3v) is 4.52. The fraction of sp³-hybridized carbons (Fsp3) is 0.250. The van der Waals surface area contributed by atoms with Crippen molar-refractivity contribution >= 4 is 27.7 Å². The van der Waals surface area contributed by atoms with E-state index in [1.807, 2.05) is 42.5 Å². The smallest absolute Gasteiger partial charge is 0.122 e. The highest BCUT2D eigenvalue weighted by molar-refractivity contribution is 9.10. The van der Waals surface area contributed by atoms with E-state index in [0.717, 1.165) is 27.1 Å². The normalized spacial score (nSPS) is 12.2. The van der Waals surface area contributed by atoms with Crippen LogP contribution in [0.25, 0.3) is 0 Å². The molecule has 0 saturated heterocycles. The molecular weight excluding hydrogens is 336 g/mol. The molecule has 1 atom stereocenters. The summed E-state index contributed by atoms with van der Waals surface area (Å²) in [4.78, 5) is 0. The molecule has 0 aliphatic rings. The lowest BCUT2D eigenvalue weighted by Gasteiger charge is -2.12. The molecule has 4 heteroatoms. The Hall–Kier alpha value is -0.970. The molecule has 106 valence electrons. The first kappa shape index (κ1) is 15.4. The van der Waals surface area contributed by atoms with E-state index in [4.69, 9.17) is 4.74 Å². The van der Waals surface area contributed by atoms with Gasteiger partial charge in [-0.2, -0.15) is 11.8 Å². The predicted molar refractivity (Wildman–Crippen MR) is 88.3 cm³/mol. The van der Waals surface area contributed by atoms with E-state index >= 15 is 0 Å². The van der Waals surface area contributed by atoms with Crippen LogP contribution in [-0.2, 0) is 5.75 Å². The van der Waals surface area contributed by atoms with Gasteiger partial charge < -0.3 is 9.84 Å². The second-order valence-electron chi connectivity index (χ2n) is 4.40. The molecule has 1 N–H and O–H groups in total. The van der Waals surface area contributed by atoms with Crippen LogP contribution in [0.4, 0.5) is 0 Å². The lowest BCUT2D eigenvalue weighted by molar-refractivity contribution is 0.204. The average molecular weight is 353 g/mol. The number of hydrogen-bond donors (Lipinski definition) is 1. The van der Waals surface area contributed by atoms with Gasteiger partial charge >= 0.3 is 0 Å². The van der Waals surface area contributed by atoms with E-state index in [9.17, 15) is 5.11 Å². The molecule has 0 saturated carbocycles. The Balaban J connectivity index is 1.91. The van der Waals surface area contributed by atoms with Crippen molar-refractivity contribution in [3.05, 3.63) is 64.1 Å². The van der Waals surface area contributed by atoms with E-state index in [1.54, 1.807) is 18.9 Å². The fourth-order valence-corrected chi connectivity index (χ4v) is 3.30. The van der Waals surface area contributed by atoms with Gasteiger partial charge in [-0.15, -0.1) is 0 Å². The van der Waals surface area contributed by atoms with Crippen LogP contribution in [0, 0.1) is 0 Å². The first-order valence-electron chi connectivity index (χ1n) is 6.34. The molecule has 0 spiro atoms. The second kappa shape index (κ2) is 7.72. The molecule has 0 aromatic heterocycles. The zero-order valence-corrected chi connectivity index (χ0v) is 13.7. The molecule has 20 heavy (non-hydrogen) atoms. The SMILES string of the molecule is COc1ccc(Br)cc1CSCC(O)c1ccccc1. The van der Waals surface area contributed by atoms with Crippen LogP contribution in [0.2, 0.25) is 0 Å². The molecule has 2 nitrogen and oxygen atoms in total. The minimum atomic E-state index is -0.431. The molecule has 0 heterocycles. The van der Waals surface area contributed by atoms with Crippen LogP contribution >= 0.6 is 27.7 Å². The highest BCUT2D eigenvalue weighted by Gasteiger charge is 2.09. The number of rotatable bonds is 6. The predicted octanol–water partition coefficient (Wildman–Crippen LogP) is 4.42. The zero-order valence-electron chi connectivity index (χ0n) is 11.3. The van der Waals surface area contributed by atoms with Crippen molar-refractivity contribution in [2.45, 2.75) is 11.9 Å². The van der Waals surface area contributed by atoms with E-state index in [1.165, 1.54) is 0 Å². The van der Waals surface area contributed by atoms with Crippen molar-refractivity contribution in [1.29, 1.82) is 0 Å². The number of ether oxygens (including phenoxy) is 1. The Morgan fingerprint density at radius 2 is 1.95 bits per heavy atom. The standard InChI is InChI=1S/C16H17BrO2S/c1-19-16-8-7-14(17)9-13(16)10-20-11-15(18)12-5-3-2-4-6-12/h2-9,15,18H,10-11H2,1H3. The number of benzene rings is 2. The first-order chi connectivity index (χ1) is 9.70. The molecule has 0 aliphatic carbocycles. The maximum Gasteiger partial charge on any atom is 0.122 e. The van der Waals surface area contributed by atoms with Gasteiger partial charge in [0.15, 0.2) is 0 Å². The topological polar surface area (TPSA) is 29.5 Å². The van der Waals surface area contributed by atoms with Gasteiger partial charge in [0.2, 0.25) is 0 Å². The second-order valence-corrected chi connectivity index (χ2v) is 6.34. The summed E-state index contributed by atoms with van der Waals surface area (Å²) in [7, 11) is 1.68. The number of hydrogen-bond acceptors (Lipinski definition) is 3. The minimum Gasteiger partial charge on any atom is -0.496 e. The summed E-state index contributed by atoms with van der Waals surface area (Å²) >= 11 is 5.17. The summed E-state index contributed by atoms with van der Waals surface area (Å²) in [6, 6.07) is 15.7. The number of methoxy groups -OCH3 is 1. The monoisotopic (exact) mass is 352 g/mol. The Morgan fingerprint density at radius 3 is 2.65 bits per heavy atom. The lowest BCUT2D eigenvalue weighted by Crippen LogP contribution is -2.01. The van der Waals surface area contributed by atoms with Crippen molar-refractivity contribution in [3.63, 3.8) is 0 Å². The number of aliphatic hydroxyl groups excluding tert-OH is 1. The van der Waals surface area contributed by atoms with Gasteiger partial charge in [0.1, 0.15) is 5.75 Å². The molecule has 2 aromatic rings. The quantitative estimate of drug-likeness (QED) is 0.833. The van der Waals surface area contributed by atoms with E-state index in [-0.39, 0.29) is 0 Å². The Morgan fingerprint density at radius 1 is 1.20 bits per heavy atom. The number of halogens is 1. The third kappa shape index (κ3) is 4.27. The Labute approximate surface area is 132 Å². The van der Waals surface area contributed by atoms with Gasteiger partial charge in [-0.3, -0.25) is 0 Å². The fourth-order valence-electron chi connectivity index (χ4n) is 1.91. The highest BCUT2D eigenvalue weighted by atomic mass is 79.9. The summed E-state index contributed by atoms with van der Waals surface area (Å²) in [6.07, 6.45) is -0.431. The molecule has 0 bridgehead atoms. The van der Waals surface area contributed by atoms with Crippen LogP contribution in [0.3, 0.4) is 0 Å². The van der Waals surface area contributed by atoms with Crippen LogP contribution in [0.5, 0.6) is 5.75 Å². The minimum absolute atomic E-state index is 0.431. The van der Waals surface area contributed by atoms with Gasteiger partial charge in [0.05, 0.1) is 13.2 Å². The van der Waals surface area contributed by atoms with Gasteiger partial charge in [-0.1, -0.05) is 46.3 Å². The van der Waals surface area contributed by atoms with Gasteiger partial charge in [0.25, 0.3) is 0 Å². The summed E-state index contributed by atoms with van der Waals surface area (Å²) in [5, 5.41) is 10.1.